The molecule has 238 valence electrons. The number of carbonyl (C=O) groups is 3. The van der Waals surface area contributed by atoms with Crippen LogP contribution in [0.4, 0.5) is 0 Å². The number of benzene rings is 3. The number of hydrogen-bond donors (Lipinski definition) is 3. The Balaban J connectivity index is 1.41. The number of aryl methyl sites for hydroxylation is 1. The maximum atomic E-state index is 13.6. The van der Waals surface area contributed by atoms with Gasteiger partial charge in [0.25, 0.3) is 0 Å². The van der Waals surface area contributed by atoms with Crippen molar-refractivity contribution in [1.82, 2.24) is 15.6 Å². The average Bonchev–Trinajstić information content (AvgIpc) is 3.41. The van der Waals surface area contributed by atoms with Gasteiger partial charge in [-0.15, -0.1) is 0 Å². The molecule has 0 radical (unpaired) electrons. The van der Waals surface area contributed by atoms with Crippen molar-refractivity contribution in [2.45, 2.75) is 84.6 Å². The van der Waals surface area contributed by atoms with E-state index in [1.54, 1.807) is 20.8 Å². The second-order valence-electron chi connectivity index (χ2n) is 12.8. The molecule has 0 fully saturated rings. The van der Waals surface area contributed by atoms with Crippen LogP contribution >= 0.6 is 0 Å². The van der Waals surface area contributed by atoms with Crippen LogP contribution < -0.4 is 15.4 Å². The SMILES string of the molecule is CC(C)C[C@H](NC(=O)CCc1c[nH]c2ccccc12)C(=O)N[C@@H](Cc1ccc(OCc2ccccc2)cc1)C(=O)OC(C)(C)C. The monoisotopic (exact) mass is 611 g/mol. The number of hydrogen-bond acceptors (Lipinski definition) is 5. The van der Waals surface area contributed by atoms with Crippen molar-refractivity contribution in [3.8, 4) is 5.75 Å². The van der Waals surface area contributed by atoms with Crippen molar-refractivity contribution in [1.29, 1.82) is 0 Å². The summed E-state index contributed by atoms with van der Waals surface area (Å²) < 4.78 is 11.6. The molecule has 0 saturated heterocycles. The molecule has 8 nitrogen and oxygen atoms in total. The van der Waals surface area contributed by atoms with Crippen LogP contribution in [0.15, 0.2) is 85.1 Å². The molecule has 2 atom stereocenters. The van der Waals surface area contributed by atoms with Gasteiger partial charge in [-0.2, -0.15) is 0 Å². The number of aromatic nitrogens is 1. The molecule has 3 aromatic carbocycles. The summed E-state index contributed by atoms with van der Waals surface area (Å²) in [7, 11) is 0. The summed E-state index contributed by atoms with van der Waals surface area (Å²) in [5.74, 6) is -0.330. The minimum atomic E-state index is -0.939. The Kier molecular flexibility index (Phi) is 11.4. The van der Waals surface area contributed by atoms with Crippen LogP contribution in [0.5, 0.6) is 5.75 Å². The summed E-state index contributed by atoms with van der Waals surface area (Å²) >= 11 is 0. The van der Waals surface area contributed by atoms with E-state index in [1.165, 1.54) is 0 Å². The maximum Gasteiger partial charge on any atom is 0.329 e. The molecule has 0 aliphatic rings. The Morgan fingerprint density at radius 2 is 1.51 bits per heavy atom. The van der Waals surface area contributed by atoms with Crippen LogP contribution in [-0.2, 0) is 38.6 Å². The summed E-state index contributed by atoms with van der Waals surface area (Å²) in [5.41, 5.74) is 3.24. The molecule has 45 heavy (non-hydrogen) atoms. The minimum absolute atomic E-state index is 0.137. The molecule has 0 spiro atoms. The van der Waals surface area contributed by atoms with Gasteiger partial charge in [-0.1, -0.05) is 74.5 Å². The van der Waals surface area contributed by atoms with Crippen LogP contribution in [0.1, 0.15) is 64.2 Å². The summed E-state index contributed by atoms with van der Waals surface area (Å²) in [6.45, 7) is 9.80. The Labute approximate surface area is 265 Å². The van der Waals surface area contributed by atoms with Crippen LogP contribution in [0.2, 0.25) is 0 Å². The van der Waals surface area contributed by atoms with Gasteiger partial charge < -0.3 is 25.1 Å². The quantitative estimate of drug-likeness (QED) is 0.146. The number of H-pyrrole nitrogens is 1. The van der Waals surface area contributed by atoms with E-state index in [0.717, 1.165) is 27.6 Å². The summed E-state index contributed by atoms with van der Waals surface area (Å²) in [4.78, 5) is 43.2. The molecule has 4 rings (SSSR count). The summed E-state index contributed by atoms with van der Waals surface area (Å²) in [5, 5.41) is 6.89. The molecular weight excluding hydrogens is 566 g/mol. The number of carbonyl (C=O) groups excluding carboxylic acids is 3. The first-order valence-electron chi connectivity index (χ1n) is 15.6. The molecule has 0 unspecified atom stereocenters. The largest absolute Gasteiger partial charge is 0.489 e. The van der Waals surface area contributed by atoms with Gasteiger partial charge in [-0.05, 0) is 74.4 Å². The van der Waals surface area contributed by atoms with Gasteiger partial charge in [0.1, 0.15) is 30.0 Å². The van der Waals surface area contributed by atoms with Crippen LogP contribution in [0.25, 0.3) is 10.9 Å². The zero-order chi connectivity index (χ0) is 32.4. The Bertz CT molecular complexity index is 1550. The van der Waals surface area contributed by atoms with Crippen LogP contribution in [-0.4, -0.2) is 40.5 Å². The Morgan fingerprint density at radius 3 is 2.20 bits per heavy atom. The van der Waals surface area contributed by atoms with E-state index in [2.05, 4.69) is 15.6 Å². The molecule has 3 N–H and O–H groups in total. The summed E-state index contributed by atoms with van der Waals surface area (Å²) in [6.07, 6.45) is 3.35. The van der Waals surface area contributed by atoms with E-state index in [1.807, 2.05) is 98.9 Å². The predicted molar refractivity (Wildman–Crippen MR) is 177 cm³/mol. The third kappa shape index (κ3) is 10.5. The van der Waals surface area contributed by atoms with Gasteiger partial charge in [-0.3, -0.25) is 9.59 Å². The minimum Gasteiger partial charge on any atom is -0.489 e. The van der Waals surface area contributed by atoms with E-state index in [-0.39, 0.29) is 24.7 Å². The zero-order valence-electron chi connectivity index (χ0n) is 26.9. The predicted octanol–water partition coefficient (Wildman–Crippen LogP) is 6.28. The van der Waals surface area contributed by atoms with Gasteiger partial charge in [0.05, 0.1) is 0 Å². The fourth-order valence-electron chi connectivity index (χ4n) is 5.09. The van der Waals surface area contributed by atoms with Gasteiger partial charge in [0.15, 0.2) is 0 Å². The molecule has 0 aliphatic heterocycles. The molecule has 1 aromatic heterocycles. The number of ether oxygens (including phenoxy) is 2. The number of aromatic amines is 1. The number of fused-ring (bicyclic) bond motifs is 1. The second kappa shape index (κ2) is 15.4. The maximum absolute atomic E-state index is 13.6. The highest BCUT2D eigenvalue weighted by Crippen LogP contribution is 2.20. The molecule has 0 bridgehead atoms. The highest BCUT2D eigenvalue weighted by molar-refractivity contribution is 5.91. The van der Waals surface area contributed by atoms with Crippen molar-refractivity contribution in [2.24, 2.45) is 5.92 Å². The van der Waals surface area contributed by atoms with Gasteiger partial charge in [-0.25, -0.2) is 4.79 Å². The van der Waals surface area contributed by atoms with Crippen molar-refractivity contribution < 1.29 is 23.9 Å². The lowest BCUT2D eigenvalue weighted by Gasteiger charge is -2.27. The third-order valence-corrected chi connectivity index (χ3v) is 7.27. The number of amides is 2. The number of nitrogens with one attached hydrogen (secondary N) is 3. The van der Waals surface area contributed by atoms with Gasteiger partial charge >= 0.3 is 5.97 Å². The normalized spacial score (nSPS) is 12.8. The van der Waals surface area contributed by atoms with Crippen molar-refractivity contribution in [2.75, 3.05) is 0 Å². The highest BCUT2D eigenvalue weighted by Gasteiger charge is 2.30. The van der Waals surface area contributed by atoms with Gasteiger partial charge in [0, 0.05) is 29.9 Å². The third-order valence-electron chi connectivity index (χ3n) is 7.27. The van der Waals surface area contributed by atoms with Crippen molar-refractivity contribution in [3.63, 3.8) is 0 Å². The number of esters is 1. The zero-order valence-corrected chi connectivity index (χ0v) is 26.9. The van der Waals surface area contributed by atoms with Crippen molar-refractivity contribution >= 4 is 28.7 Å². The fraction of sp³-hybridized carbons (Fsp3) is 0.378. The molecular formula is C37H45N3O5. The molecule has 4 aromatic rings. The standard InChI is InChI=1S/C37H45N3O5/c1-25(2)21-32(39-34(41)20-17-28-23-38-31-14-10-9-13-30(28)31)35(42)40-33(36(43)45-37(3,4)5)22-26-15-18-29(19-16-26)44-24-27-11-7-6-8-12-27/h6-16,18-19,23,25,32-33,38H,17,20-22,24H2,1-5H3,(H,39,41)(H,40,42)/t32-,33-/m0/s1. The number of rotatable bonds is 14. The average molecular weight is 612 g/mol. The summed E-state index contributed by atoms with van der Waals surface area (Å²) in [6, 6.07) is 23.6. The van der Waals surface area contributed by atoms with Gasteiger partial charge in [0.2, 0.25) is 11.8 Å². The smallest absolute Gasteiger partial charge is 0.329 e. The fourth-order valence-corrected chi connectivity index (χ4v) is 5.09. The van der Waals surface area contributed by atoms with Crippen molar-refractivity contribution in [3.05, 3.63) is 102 Å². The lowest BCUT2D eigenvalue weighted by atomic mass is 10.0. The molecule has 8 heteroatoms. The molecule has 0 aliphatic carbocycles. The Hall–Kier alpha value is -4.59. The van der Waals surface area contributed by atoms with E-state index in [4.69, 9.17) is 9.47 Å². The first kappa shape index (κ1) is 33.3. The van der Waals surface area contributed by atoms with E-state index >= 15 is 0 Å². The lowest BCUT2D eigenvalue weighted by Crippen LogP contribution is -2.53. The molecule has 1 heterocycles. The first-order valence-corrected chi connectivity index (χ1v) is 15.6. The second-order valence-corrected chi connectivity index (χ2v) is 12.8. The Morgan fingerprint density at radius 1 is 0.822 bits per heavy atom. The highest BCUT2D eigenvalue weighted by atomic mass is 16.6. The number of para-hydroxylation sites is 1. The van der Waals surface area contributed by atoms with E-state index < -0.39 is 29.6 Å². The topological polar surface area (TPSA) is 110 Å². The van der Waals surface area contributed by atoms with Crippen LogP contribution in [0.3, 0.4) is 0 Å². The van der Waals surface area contributed by atoms with E-state index in [0.29, 0.717) is 25.2 Å². The lowest BCUT2D eigenvalue weighted by molar-refractivity contribution is -0.158. The first-order chi connectivity index (χ1) is 21.5. The van der Waals surface area contributed by atoms with Crippen LogP contribution in [0, 0.1) is 5.92 Å². The van der Waals surface area contributed by atoms with E-state index in [9.17, 15) is 14.4 Å². The molecule has 0 saturated carbocycles. The molecule has 2 amide bonds.